The first-order valence-electron chi connectivity index (χ1n) is 6.45. The average molecular weight is 251 g/mol. The number of phenols is 1. The Balaban J connectivity index is 2.14. The van der Waals surface area contributed by atoms with Gasteiger partial charge >= 0.3 is 6.09 Å². The topological polar surface area (TPSA) is 58.6 Å². The number of hydrogen-bond acceptors (Lipinski definition) is 3. The van der Waals surface area contributed by atoms with E-state index in [9.17, 15) is 9.90 Å². The maximum Gasteiger partial charge on any atom is 0.411 e. The van der Waals surface area contributed by atoms with Crippen LogP contribution in [-0.2, 0) is 4.74 Å². The zero-order chi connectivity index (χ0) is 13.2. The number of hydrogen-bond donors (Lipinski definition) is 2. The van der Waals surface area contributed by atoms with Gasteiger partial charge < -0.3 is 9.84 Å². The van der Waals surface area contributed by atoms with Crippen LogP contribution >= 0.6 is 0 Å². The number of aromatic hydroxyl groups is 1. The van der Waals surface area contributed by atoms with Crippen LogP contribution in [0.3, 0.4) is 0 Å². The van der Waals surface area contributed by atoms with Crippen molar-refractivity contribution in [2.45, 2.75) is 39.0 Å². The van der Waals surface area contributed by atoms with Crippen molar-refractivity contribution < 1.29 is 14.6 Å². The molecular formula is C14H21NO3. The Bertz CT molecular complexity index is 366. The minimum Gasteiger partial charge on any atom is -0.508 e. The number of anilines is 1. The third-order valence-corrected chi connectivity index (χ3v) is 2.57. The Hall–Kier alpha value is -1.71. The molecule has 0 aliphatic carbocycles. The molecule has 100 valence electrons. The van der Waals surface area contributed by atoms with Gasteiger partial charge in [0.15, 0.2) is 0 Å². The number of carbonyl (C=O) groups excluding carboxylic acids is 1. The molecule has 1 amide bonds. The van der Waals surface area contributed by atoms with Gasteiger partial charge in [0.2, 0.25) is 0 Å². The van der Waals surface area contributed by atoms with Crippen molar-refractivity contribution in [3.63, 3.8) is 0 Å². The lowest BCUT2D eigenvalue weighted by molar-refractivity contribution is 0.159. The summed E-state index contributed by atoms with van der Waals surface area (Å²) in [5, 5.41) is 11.8. The third-order valence-electron chi connectivity index (χ3n) is 2.57. The average Bonchev–Trinajstić information content (AvgIpc) is 2.33. The molecule has 0 atom stereocenters. The van der Waals surface area contributed by atoms with E-state index in [0.29, 0.717) is 12.3 Å². The first-order chi connectivity index (χ1) is 8.72. The number of rotatable bonds is 7. The number of carbonyl (C=O) groups is 1. The highest BCUT2D eigenvalue weighted by molar-refractivity contribution is 5.84. The third kappa shape index (κ3) is 6.13. The molecular weight excluding hydrogens is 230 g/mol. The second kappa shape index (κ2) is 8.39. The summed E-state index contributed by atoms with van der Waals surface area (Å²) < 4.78 is 5.03. The summed E-state index contributed by atoms with van der Waals surface area (Å²) in [6.07, 6.45) is 5.14. The highest BCUT2D eigenvalue weighted by Gasteiger charge is 2.03. The van der Waals surface area contributed by atoms with E-state index >= 15 is 0 Å². The van der Waals surface area contributed by atoms with Crippen molar-refractivity contribution in [1.82, 2.24) is 0 Å². The van der Waals surface area contributed by atoms with Crippen LogP contribution in [0.15, 0.2) is 24.3 Å². The maximum atomic E-state index is 11.4. The zero-order valence-corrected chi connectivity index (χ0v) is 10.8. The molecule has 4 heteroatoms. The smallest absolute Gasteiger partial charge is 0.411 e. The van der Waals surface area contributed by atoms with E-state index in [1.54, 1.807) is 18.2 Å². The Morgan fingerprint density at radius 2 is 2.06 bits per heavy atom. The summed E-state index contributed by atoms with van der Waals surface area (Å²) in [5.41, 5.74) is 0.533. The van der Waals surface area contributed by atoms with Crippen LogP contribution in [0.4, 0.5) is 10.5 Å². The van der Waals surface area contributed by atoms with Gasteiger partial charge in [-0.15, -0.1) is 0 Å². The van der Waals surface area contributed by atoms with E-state index in [4.69, 9.17) is 4.74 Å². The predicted molar refractivity (Wildman–Crippen MR) is 71.8 cm³/mol. The van der Waals surface area contributed by atoms with Gasteiger partial charge in [-0.3, -0.25) is 5.32 Å². The molecule has 0 fully saturated rings. The number of ether oxygens (including phenoxy) is 1. The molecule has 0 aliphatic rings. The first kappa shape index (κ1) is 14.4. The van der Waals surface area contributed by atoms with Crippen molar-refractivity contribution in [3.8, 4) is 5.75 Å². The Kier molecular flexibility index (Phi) is 6.69. The molecule has 0 spiro atoms. The second-order valence-electron chi connectivity index (χ2n) is 4.23. The van der Waals surface area contributed by atoms with E-state index in [1.165, 1.54) is 25.3 Å². The summed E-state index contributed by atoms with van der Waals surface area (Å²) in [6.45, 7) is 2.60. The molecule has 0 unspecified atom stereocenters. The predicted octanol–water partition coefficient (Wildman–Crippen LogP) is 3.91. The number of amides is 1. The molecule has 1 aromatic carbocycles. The molecule has 0 bridgehead atoms. The maximum absolute atomic E-state index is 11.4. The molecule has 4 nitrogen and oxygen atoms in total. The van der Waals surface area contributed by atoms with Gasteiger partial charge in [-0.05, 0) is 18.6 Å². The molecule has 18 heavy (non-hydrogen) atoms. The molecule has 0 radical (unpaired) electrons. The Morgan fingerprint density at radius 1 is 1.28 bits per heavy atom. The van der Waals surface area contributed by atoms with Crippen molar-refractivity contribution in [2.24, 2.45) is 0 Å². The van der Waals surface area contributed by atoms with Crippen LogP contribution in [0, 0.1) is 0 Å². The van der Waals surface area contributed by atoms with Gasteiger partial charge in [0.1, 0.15) is 5.75 Å². The summed E-state index contributed by atoms with van der Waals surface area (Å²) in [7, 11) is 0. The number of unbranched alkanes of at least 4 members (excludes halogenated alkanes) is 4. The lowest BCUT2D eigenvalue weighted by Gasteiger charge is -2.07. The molecule has 2 N–H and O–H groups in total. The van der Waals surface area contributed by atoms with Gasteiger partial charge in [0.05, 0.1) is 6.61 Å². The van der Waals surface area contributed by atoms with Gasteiger partial charge in [-0.1, -0.05) is 38.7 Å². The fourth-order valence-electron chi connectivity index (χ4n) is 1.61. The normalized spacial score (nSPS) is 10.1. The van der Waals surface area contributed by atoms with Crippen LogP contribution in [-0.4, -0.2) is 17.8 Å². The van der Waals surface area contributed by atoms with Crippen LogP contribution < -0.4 is 5.32 Å². The number of benzene rings is 1. The monoisotopic (exact) mass is 251 g/mol. The molecule has 1 aromatic rings. The summed E-state index contributed by atoms with van der Waals surface area (Å²) in [5.74, 6) is 0.118. The quantitative estimate of drug-likeness (QED) is 0.722. The lowest BCUT2D eigenvalue weighted by Crippen LogP contribution is -2.14. The molecule has 0 aliphatic heterocycles. The largest absolute Gasteiger partial charge is 0.508 e. The van der Waals surface area contributed by atoms with Crippen molar-refractivity contribution in [2.75, 3.05) is 11.9 Å². The van der Waals surface area contributed by atoms with Gasteiger partial charge in [0.25, 0.3) is 0 Å². The van der Waals surface area contributed by atoms with Gasteiger partial charge in [-0.25, -0.2) is 4.79 Å². The minimum atomic E-state index is -0.476. The summed E-state index contributed by atoms with van der Waals surface area (Å²) in [6, 6.07) is 6.38. The molecule has 0 saturated heterocycles. The highest BCUT2D eigenvalue weighted by Crippen LogP contribution is 2.15. The lowest BCUT2D eigenvalue weighted by atomic mass is 10.2. The molecule has 1 rings (SSSR count). The fraction of sp³-hybridized carbons (Fsp3) is 0.500. The summed E-state index contributed by atoms with van der Waals surface area (Å²) >= 11 is 0. The first-order valence-corrected chi connectivity index (χ1v) is 6.45. The van der Waals surface area contributed by atoms with Crippen LogP contribution in [0.5, 0.6) is 5.75 Å². The van der Waals surface area contributed by atoms with Crippen molar-refractivity contribution >= 4 is 11.8 Å². The SMILES string of the molecule is CCCCCCCOC(=O)Nc1cccc(O)c1. The van der Waals surface area contributed by atoms with Gasteiger partial charge in [0, 0.05) is 11.8 Å². The molecule has 0 heterocycles. The molecule has 0 saturated carbocycles. The fourth-order valence-corrected chi connectivity index (χ4v) is 1.61. The van der Waals surface area contributed by atoms with E-state index in [0.717, 1.165) is 12.8 Å². The van der Waals surface area contributed by atoms with Crippen LogP contribution in [0.25, 0.3) is 0 Å². The van der Waals surface area contributed by atoms with E-state index < -0.39 is 6.09 Å². The molecule has 0 aromatic heterocycles. The van der Waals surface area contributed by atoms with Crippen molar-refractivity contribution in [3.05, 3.63) is 24.3 Å². The minimum absolute atomic E-state index is 0.118. The van der Waals surface area contributed by atoms with Crippen LogP contribution in [0.1, 0.15) is 39.0 Å². The Morgan fingerprint density at radius 3 is 2.78 bits per heavy atom. The standard InChI is InChI=1S/C14H21NO3/c1-2-3-4-5-6-10-18-14(17)15-12-8-7-9-13(16)11-12/h7-9,11,16H,2-6,10H2,1H3,(H,15,17). The van der Waals surface area contributed by atoms with E-state index in [-0.39, 0.29) is 5.75 Å². The van der Waals surface area contributed by atoms with Crippen molar-refractivity contribution in [1.29, 1.82) is 0 Å². The Labute approximate surface area is 108 Å². The van der Waals surface area contributed by atoms with E-state index in [2.05, 4.69) is 12.2 Å². The summed E-state index contributed by atoms with van der Waals surface area (Å²) in [4.78, 5) is 11.4. The number of nitrogens with one attached hydrogen (secondary N) is 1. The van der Waals surface area contributed by atoms with Gasteiger partial charge in [-0.2, -0.15) is 0 Å². The highest BCUT2D eigenvalue weighted by atomic mass is 16.5. The van der Waals surface area contributed by atoms with E-state index in [1.807, 2.05) is 0 Å². The number of phenolic OH excluding ortho intramolecular Hbond substituents is 1. The van der Waals surface area contributed by atoms with Crippen LogP contribution in [0.2, 0.25) is 0 Å². The second-order valence-corrected chi connectivity index (χ2v) is 4.23. The zero-order valence-electron chi connectivity index (χ0n) is 10.8.